The minimum Gasteiger partial charge on any atom is -0.481 e. The van der Waals surface area contributed by atoms with Gasteiger partial charge in [0.05, 0.1) is 5.92 Å². The topological polar surface area (TPSA) is 49.3 Å². The van der Waals surface area contributed by atoms with E-state index in [0.717, 1.165) is 20.6 Å². The Balaban J connectivity index is 2.59. The number of nitrogens with one attached hydrogen (secondary N) is 1. The Morgan fingerprint density at radius 3 is 2.65 bits per heavy atom. The number of benzene rings is 1. The molecule has 0 spiro atoms. The van der Waals surface area contributed by atoms with Crippen LogP contribution in [0.25, 0.3) is 0 Å². The quantitative estimate of drug-likeness (QED) is 0.762. The molecule has 0 saturated carbocycles. The van der Waals surface area contributed by atoms with E-state index in [0.29, 0.717) is 25.4 Å². The summed E-state index contributed by atoms with van der Waals surface area (Å²) in [6.45, 7) is 7.08. The summed E-state index contributed by atoms with van der Waals surface area (Å²) in [5, 5.41) is 13.1. The Bertz CT molecular complexity index is 477. The molecule has 1 aromatic rings. The fourth-order valence-electron chi connectivity index (χ4n) is 2.04. The van der Waals surface area contributed by atoms with Crippen LogP contribution in [0, 0.1) is 18.8 Å². The maximum atomic E-state index is 11.2. The number of rotatable bonds is 7. The Labute approximate surface area is 133 Å². The van der Waals surface area contributed by atoms with Gasteiger partial charge in [0.1, 0.15) is 0 Å². The lowest BCUT2D eigenvalue weighted by molar-refractivity contribution is -0.142. The third kappa shape index (κ3) is 5.43. The zero-order valence-electron chi connectivity index (χ0n) is 12.0. The summed E-state index contributed by atoms with van der Waals surface area (Å²) >= 11 is 9.61. The highest BCUT2D eigenvalue weighted by Crippen LogP contribution is 2.25. The lowest BCUT2D eigenvalue weighted by Crippen LogP contribution is -2.29. The van der Waals surface area contributed by atoms with Crippen molar-refractivity contribution >= 4 is 33.5 Å². The van der Waals surface area contributed by atoms with Gasteiger partial charge in [0.2, 0.25) is 0 Å². The minimum atomic E-state index is -0.743. The third-order valence-corrected chi connectivity index (χ3v) is 4.28. The number of aliphatic carboxylic acids is 1. The lowest BCUT2D eigenvalue weighted by Gasteiger charge is -2.16. The molecule has 1 aromatic carbocycles. The van der Waals surface area contributed by atoms with Gasteiger partial charge in [-0.2, -0.15) is 0 Å². The fourth-order valence-corrected chi connectivity index (χ4v) is 2.83. The summed E-state index contributed by atoms with van der Waals surface area (Å²) in [6, 6.07) is 3.88. The summed E-state index contributed by atoms with van der Waals surface area (Å²) in [4.78, 5) is 11.2. The van der Waals surface area contributed by atoms with Crippen molar-refractivity contribution in [1.29, 1.82) is 0 Å². The molecule has 0 fully saturated rings. The summed E-state index contributed by atoms with van der Waals surface area (Å²) in [5.41, 5.74) is 2.06. The second kappa shape index (κ2) is 8.01. The maximum Gasteiger partial charge on any atom is 0.307 e. The van der Waals surface area contributed by atoms with Crippen molar-refractivity contribution in [1.82, 2.24) is 5.32 Å². The monoisotopic (exact) mass is 361 g/mol. The zero-order chi connectivity index (χ0) is 15.3. The maximum absolute atomic E-state index is 11.2. The molecule has 0 aliphatic carbocycles. The van der Waals surface area contributed by atoms with E-state index >= 15 is 0 Å². The predicted molar refractivity (Wildman–Crippen MR) is 86.2 cm³/mol. The van der Waals surface area contributed by atoms with Crippen LogP contribution in [0.5, 0.6) is 0 Å². The number of hydrogen-bond donors (Lipinski definition) is 2. The van der Waals surface area contributed by atoms with Crippen molar-refractivity contribution in [2.45, 2.75) is 33.7 Å². The highest BCUT2D eigenvalue weighted by Gasteiger charge is 2.18. The van der Waals surface area contributed by atoms with Crippen LogP contribution in [0.15, 0.2) is 16.6 Å². The predicted octanol–water partition coefficient (Wildman–Crippen LogP) is 4.25. The number of carbonyl (C=O) groups is 1. The molecule has 2 N–H and O–H groups in total. The van der Waals surface area contributed by atoms with Gasteiger partial charge in [0.25, 0.3) is 0 Å². The molecule has 0 radical (unpaired) electrons. The molecule has 1 atom stereocenters. The molecule has 0 aliphatic rings. The van der Waals surface area contributed by atoms with E-state index in [9.17, 15) is 9.90 Å². The fraction of sp³-hybridized carbons (Fsp3) is 0.533. The first kappa shape index (κ1) is 17.5. The van der Waals surface area contributed by atoms with Gasteiger partial charge in [-0.3, -0.25) is 4.79 Å². The first-order valence-corrected chi connectivity index (χ1v) is 7.86. The van der Waals surface area contributed by atoms with E-state index in [1.807, 2.05) is 32.9 Å². The highest BCUT2D eigenvalue weighted by molar-refractivity contribution is 9.10. The van der Waals surface area contributed by atoms with Crippen LogP contribution in [0.2, 0.25) is 5.02 Å². The molecule has 0 aromatic heterocycles. The Morgan fingerprint density at radius 2 is 2.10 bits per heavy atom. The van der Waals surface area contributed by atoms with Gasteiger partial charge >= 0.3 is 5.97 Å². The number of hydrogen-bond acceptors (Lipinski definition) is 2. The first-order chi connectivity index (χ1) is 9.31. The van der Waals surface area contributed by atoms with Gasteiger partial charge < -0.3 is 10.4 Å². The molecule has 1 unspecified atom stereocenters. The normalized spacial score (nSPS) is 12.7. The van der Waals surface area contributed by atoms with Gasteiger partial charge in [-0.15, -0.1) is 0 Å². The summed E-state index contributed by atoms with van der Waals surface area (Å²) in [6.07, 6.45) is 0.679. The second-order valence-corrected chi connectivity index (χ2v) is 6.75. The van der Waals surface area contributed by atoms with E-state index < -0.39 is 5.97 Å². The van der Waals surface area contributed by atoms with Crippen LogP contribution < -0.4 is 5.32 Å². The van der Waals surface area contributed by atoms with E-state index in [4.69, 9.17) is 11.6 Å². The molecule has 20 heavy (non-hydrogen) atoms. The molecule has 0 bridgehead atoms. The van der Waals surface area contributed by atoms with Crippen molar-refractivity contribution < 1.29 is 9.90 Å². The SMILES string of the molecule is Cc1cc(Br)c(CNCC(CC(C)C)C(=O)O)cc1Cl. The van der Waals surface area contributed by atoms with Gasteiger partial charge in [-0.05, 0) is 42.5 Å². The smallest absolute Gasteiger partial charge is 0.307 e. The average molecular weight is 363 g/mol. The van der Waals surface area contributed by atoms with Crippen LogP contribution in [0.4, 0.5) is 0 Å². The third-order valence-electron chi connectivity index (χ3n) is 3.14. The number of aryl methyl sites for hydroxylation is 1. The lowest BCUT2D eigenvalue weighted by atomic mass is 9.97. The van der Waals surface area contributed by atoms with E-state index in [-0.39, 0.29) is 5.92 Å². The average Bonchev–Trinajstić information content (AvgIpc) is 2.33. The molecule has 0 aliphatic heterocycles. The van der Waals surface area contributed by atoms with Crippen molar-refractivity contribution in [2.75, 3.05) is 6.54 Å². The van der Waals surface area contributed by atoms with Gasteiger partial charge in [-0.1, -0.05) is 41.4 Å². The van der Waals surface area contributed by atoms with E-state index in [1.165, 1.54) is 0 Å². The molecular weight excluding hydrogens is 342 g/mol. The molecule has 5 heteroatoms. The van der Waals surface area contributed by atoms with Crippen LogP contribution in [0.1, 0.15) is 31.4 Å². The van der Waals surface area contributed by atoms with Crippen LogP contribution in [-0.4, -0.2) is 17.6 Å². The number of halogens is 2. The number of carboxylic acids is 1. The highest BCUT2D eigenvalue weighted by atomic mass is 79.9. The number of carboxylic acid groups (broad SMARTS) is 1. The molecule has 3 nitrogen and oxygen atoms in total. The van der Waals surface area contributed by atoms with Crippen molar-refractivity contribution in [3.05, 3.63) is 32.8 Å². The Kier molecular flexibility index (Phi) is 7.00. The van der Waals surface area contributed by atoms with Crippen molar-refractivity contribution in [3.63, 3.8) is 0 Å². The van der Waals surface area contributed by atoms with E-state index in [2.05, 4.69) is 21.2 Å². The molecule has 0 amide bonds. The van der Waals surface area contributed by atoms with Crippen LogP contribution in [-0.2, 0) is 11.3 Å². The largest absolute Gasteiger partial charge is 0.481 e. The molecule has 1 rings (SSSR count). The minimum absolute atomic E-state index is 0.352. The second-order valence-electron chi connectivity index (χ2n) is 5.49. The molecule has 0 heterocycles. The van der Waals surface area contributed by atoms with Crippen LogP contribution >= 0.6 is 27.5 Å². The zero-order valence-corrected chi connectivity index (χ0v) is 14.4. The van der Waals surface area contributed by atoms with Gasteiger partial charge in [0.15, 0.2) is 0 Å². The van der Waals surface area contributed by atoms with Crippen molar-refractivity contribution in [3.8, 4) is 0 Å². The summed E-state index contributed by atoms with van der Waals surface area (Å²) in [5.74, 6) is -0.722. The van der Waals surface area contributed by atoms with E-state index in [1.54, 1.807) is 0 Å². The summed E-state index contributed by atoms with van der Waals surface area (Å²) in [7, 11) is 0. The first-order valence-electron chi connectivity index (χ1n) is 6.69. The van der Waals surface area contributed by atoms with Crippen LogP contribution in [0.3, 0.4) is 0 Å². The van der Waals surface area contributed by atoms with Crippen molar-refractivity contribution in [2.24, 2.45) is 11.8 Å². The Hall–Kier alpha value is -0.580. The van der Waals surface area contributed by atoms with Gasteiger partial charge in [0, 0.05) is 22.6 Å². The summed E-state index contributed by atoms with van der Waals surface area (Å²) < 4.78 is 0.989. The molecular formula is C15H21BrClNO2. The molecule has 0 saturated heterocycles. The Morgan fingerprint density at radius 1 is 1.45 bits per heavy atom. The standard InChI is InChI=1S/C15H21BrClNO2/c1-9(2)4-12(15(19)20)8-18-7-11-6-14(17)10(3)5-13(11)16/h5-6,9,12,18H,4,7-8H2,1-3H3,(H,19,20). The molecule has 112 valence electrons. The van der Waals surface area contributed by atoms with Gasteiger partial charge in [-0.25, -0.2) is 0 Å².